The van der Waals surface area contributed by atoms with Crippen molar-refractivity contribution in [3.05, 3.63) is 51.8 Å². The van der Waals surface area contributed by atoms with E-state index in [1.165, 1.54) is 37.1 Å². The van der Waals surface area contributed by atoms with E-state index in [1.807, 2.05) is 4.57 Å². The van der Waals surface area contributed by atoms with Crippen LogP contribution in [0.5, 0.6) is 0 Å². The molecule has 0 spiro atoms. The average Bonchev–Trinajstić information content (AvgIpc) is 3.03. The van der Waals surface area contributed by atoms with Crippen molar-refractivity contribution in [2.24, 2.45) is 0 Å². The molecule has 1 N–H and O–H groups in total. The summed E-state index contributed by atoms with van der Waals surface area (Å²) >= 11 is 0. The number of nitrogens with zero attached hydrogens (tertiary/aromatic N) is 2. The van der Waals surface area contributed by atoms with Crippen molar-refractivity contribution in [2.45, 2.75) is 25.7 Å². The van der Waals surface area contributed by atoms with E-state index in [1.54, 1.807) is 12.1 Å². The SMILES string of the molecule is COC(=O)CNc1ccc(-n2cc3c(c2)CCCC3)cc1[N+](=O)[O-]. The number of nitro benzene ring substituents is 1. The topological polar surface area (TPSA) is 86.4 Å². The molecule has 0 atom stereocenters. The van der Waals surface area contributed by atoms with Crippen molar-refractivity contribution in [1.29, 1.82) is 0 Å². The van der Waals surface area contributed by atoms with E-state index in [-0.39, 0.29) is 12.2 Å². The van der Waals surface area contributed by atoms with Crippen molar-refractivity contribution in [3.63, 3.8) is 0 Å². The smallest absolute Gasteiger partial charge is 0.325 e. The maximum absolute atomic E-state index is 11.4. The molecule has 0 aliphatic heterocycles. The Morgan fingerprint density at radius 1 is 1.29 bits per heavy atom. The molecule has 7 heteroatoms. The molecule has 3 rings (SSSR count). The third-order valence-electron chi connectivity index (χ3n) is 4.27. The highest BCUT2D eigenvalue weighted by Gasteiger charge is 2.18. The number of hydrogen-bond acceptors (Lipinski definition) is 5. The summed E-state index contributed by atoms with van der Waals surface area (Å²) < 4.78 is 6.47. The summed E-state index contributed by atoms with van der Waals surface area (Å²) in [7, 11) is 1.27. The van der Waals surface area contributed by atoms with Gasteiger partial charge in [0, 0.05) is 18.5 Å². The summed E-state index contributed by atoms with van der Waals surface area (Å²) in [5.41, 5.74) is 3.60. The Bertz CT molecular complexity index is 759. The zero-order chi connectivity index (χ0) is 17.1. The Morgan fingerprint density at radius 3 is 2.54 bits per heavy atom. The van der Waals surface area contributed by atoms with Crippen LogP contribution in [0, 0.1) is 10.1 Å². The molecule has 1 aromatic carbocycles. The standard InChI is InChI=1S/C17H19N3O4/c1-24-17(21)9-18-15-7-6-14(8-16(15)20(22)23)19-10-12-4-2-3-5-13(12)11-19/h6-8,10-11,18H,2-5,9H2,1H3. The van der Waals surface area contributed by atoms with E-state index >= 15 is 0 Å². The van der Waals surface area contributed by atoms with Gasteiger partial charge in [-0.1, -0.05) is 0 Å². The second kappa shape index (κ2) is 6.74. The minimum atomic E-state index is -0.480. The minimum Gasteiger partial charge on any atom is -0.468 e. The lowest BCUT2D eigenvalue weighted by Crippen LogP contribution is -2.15. The molecule has 0 radical (unpaired) electrons. The van der Waals surface area contributed by atoms with Crippen LogP contribution in [0.15, 0.2) is 30.6 Å². The Kier molecular flexibility index (Phi) is 4.50. The molecule has 24 heavy (non-hydrogen) atoms. The van der Waals surface area contributed by atoms with Gasteiger partial charge in [0.05, 0.1) is 17.7 Å². The lowest BCUT2D eigenvalue weighted by molar-refractivity contribution is -0.383. The highest BCUT2D eigenvalue weighted by molar-refractivity contribution is 5.77. The van der Waals surface area contributed by atoms with Crippen LogP contribution in [0.3, 0.4) is 0 Å². The molecule has 1 aliphatic carbocycles. The van der Waals surface area contributed by atoms with Crippen LogP contribution in [0.1, 0.15) is 24.0 Å². The average molecular weight is 329 g/mol. The van der Waals surface area contributed by atoms with Gasteiger partial charge in [-0.3, -0.25) is 14.9 Å². The van der Waals surface area contributed by atoms with Crippen molar-refractivity contribution >= 4 is 17.3 Å². The van der Waals surface area contributed by atoms with Gasteiger partial charge in [0.15, 0.2) is 0 Å². The van der Waals surface area contributed by atoms with Crippen molar-refractivity contribution in [1.82, 2.24) is 4.57 Å². The number of ether oxygens (including phenoxy) is 1. The minimum absolute atomic E-state index is 0.0666. The molecular formula is C17H19N3O4. The fourth-order valence-electron chi connectivity index (χ4n) is 2.99. The number of aryl methyl sites for hydroxylation is 2. The first-order chi connectivity index (χ1) is 11.6. The van der Waals surface area contributed by atoms with Crippen molar-refractivity contribution in [2.75, 3.05) is 19.0 Å². The Morgan fingerprint density at radius 2 is 1.96 bits per heavy atom. The molecule has 7 nitrogen and oxygen atoms in total. The first-order valence-electron chi connectivity index (χ1n) is 7.87. The van der Waals surface area contributed by atoms with Gasteiger partial charge in [-0.2, -0.15) is 0 Å². The summed E-state index contributed by atoms with van der Waals surface area (Å²) in [4.78, 5) is 22.1. The summed E-state index contributed by atoms with van der Waals surface area (Å²) in [6, 6.07) is 4.94. The highest BCUT2D eigenvalue weighted by atomic mass is 16.6. The quantitative estimate of drug-likeness (QED) is 0.518. The molecule has 0 amide bonds. The van der Waals surface area contributed by atoms with E-state index in [2.05, 4.69) is 22.4 Å². The number of aromatic nitrogens is 1. The normalized spacial score (nSPS) is 13.2. The Hall–Kier alpha value is -2.83. The monoisotopic (exact) mass is 329 g/mol. The summed E-state index contributed by atoms with van der Waals surface area (Å²) in [6.45, 7) is -0.117. The number of fused-ring (bicyclic) bond motifs is 1. The van der Waals surface area contributed by atoms with Crippen LogP contribution < -0.4 is 5.32 Å². The first kappa shape index (κ1) is 16.0. The molecule has 0 bridgehead atoms. The van der Waals surface area contributed by atoms with Gasteiger partial charge < -0.3 is 14.6 Å². The molecule has 0 unspecified atom stereocenters. The number of carbonyl (C=O) groups is 1. The molecule has 0 saturated carbocycles. The van der Waals surface area contributed by atoms with Gasteiger partial charge in [0.25, 0.3) is 5.69 Å². The van der Waals surface area contributed by atoms with Crippen LogP contribution in [0.2, 0.25) is 0 Å². The van der Waals surface area contributed by atoms with Crippen LogP contribution in [0.25, 0.3) is 5.69 Å². The molecular weight excluding hydrogens is 310 g/mol. The zero-order valence-corrected chi connectivity index (χ0v) is 13.4. The van der Waals surface area contributed by atoms with E-state index in [0.29, 0.717) is 5.69 Å². The largest absolute Gasteiger partial charge is 0.468 e. The van der Waals surface area contributed by atoms with Gasteiger partial charge in [-0.25, -0.2) is 0 Å². The lowest BCUT2D eigenvalue weighted by Gasteiger charge is -2.08. The highest BCUT2D eigenvalue weighted by Crippen LogP contribution is 2.29. The van der Waals surface area contributed by atoms with Gasteiger partial charge >= 0.3 is 5.97 Å². The molecule has 0 fully saturated rings. The maximum Gasteiger partial charge on any atom is 0.325 e. The molecule has 126 valence electrons. The van der Waals surface area contributed by atoms with E-state index in [4.69, 9.17) is 0 Å². The number of esters is 1. The Balaban J connectivity index is 1.89. The van der Waals surface area contributed by atoms with E-state index in [9.17, 15) is 14.9 Å². The fourth-order valence-corrected chi connectivity index (χ4v) is 2.99. The van der Waals surface area contributed by atoms with Crippen molar-refractivity contribution in [3.8, 4) is 5.69 Å². The first-order valence-corrected chi connectivity index (χ1v) is 7.87. The predicted octanol–water partition coefficient (Wildman–Crippen LogP) is 2.85. The third kappa shape index (κ3) is 3.24. The third-order valence-corrected chi connectivity index (χ3v) is 4.27. The Labute approximate surface area is 139 Å². The number of anilines is 1. The molecule has 0 saturated heterocycles. The molecule has 1 heterocycles. The number of hydrogen-bond donors (Lipinski definition) is 1. The molecule has 2 aromatic rings. The zero-order valence-electron chi connectivity index (χ0n) is 13.4. The van der Waals surface area contributed by atoms with Gasteiger partial charge in [-0.05, 0) is 48.9 Å². The van der Waals surface area contributed by atoms with Crippen LogP contribution in [-0.2, 0) is 22.4 Å². The second-order valence-corrected chi connectivity index (χ2v) is 5.81. The number of methoxy groups -OCH3 is 1. The van der Waals surface area contributed by atoms with E-state index in [0.717, 1.165) is 18.5 Å². The number of benzene rings is 1. The van der Waals surface area contributed by atoms with Crippen LogP contribution in [0.4, 0.5) is 11.4 Å². The number of nitrogens with one attached hydrogen (secondary N) is 1. The fraction of sp³-hybridized carbons (Fsp3) is 0.353. The van der Waals surface area contributed by atoms with Crippen LogP contribution in [-0.4, -0.2) is 29.1 Å². The number of nitro groups is 1. The second-order valence-electron chi connectivity index (χ2n) is 5.81. The maximum atomic E-state index is 11.4. The number of carbonyl (C=O) groups excluding carboxylic acids is 1. The van der Waals surface area contributed by atoms with Crippen molar-refractivity contribution < 1.29 is 14.5 Å². The number of rotatable bonds is 5. The van der Waals surface area contributed by atoms with E-state index < -0.39 is 10.9 Å². The predicted molar refractivity (Wildman–Crippen MR) is 89.6 cm³/mol. The lowest BCUT2D eigenvalue weighted by atomic mass is 9.96. The summed E-state index contributed by atoms with van der Waals surface area (Å²) in [6.07, 6.45) is 8.59. The van der Waals surface area contributed by atoms with Gasteiger partial charge in [-0.15, -0.1) is 0 Å². The van der Waals surface area contributed by atoms with Gasteiger partial charge in [0.1, 0.15) is 12.2 Å². The summed E-state index contributed by atoms with van der Waals surface area (Å²) in [5.74, 6) is -0.480. The van der Waals surface area contributed by atoms with Gasteiger partial charge in [0.2, 0.25) is 0 Å². The van der Waals surface area contributed by atoms with Crippen LogP contribution >= 0.6 is 0 Å². The summed E-state index contributed by atoms with van der Waals surface area (Å²) in [5, 5.41) is 14.1. The molecule has 1 aliphatic rings. The molecule has 1 aromatic heterocycles.